The number of hydrogen-bond donors (Lipinski definition) is 3. The van der Waals surface area contributed by atoms with Gasteiger partial charge < -0.3 is 15.7 Å². The zero-order valence-corrected chi connectivity index (χ0v) is 9.93. The summed E-state index contributed by atoms with van der Waals surface area (Å²) in [6, 6.07) is 7.42. The van der Waals surface area contributed by atoms with E-state index in [4.69, 9.17) is 5.11 Å². The SMILES string of the molecule is O=C(NC1CCC1)N[C@H](C(=O)O)c1ccccc1. The standard InChI is InChI=1S/C13H16N2O3/c16-12(17)11(9-5-2-1-3-6-9)15-13(18)14-10-7-4-8-10/h1-3,5-6,10-11H,4,7-8H2,(H,16,17)(H2,14,15,18)/t11-/m0/s1. The van der Waals surface area contributed by atoms with E-state index in [0.29, 0.717) is 5.56 Å². The van der Waals surface area contributed by atoms with Crippen LogP contribution in [0.2, 0.25) is 0 Å². The van der Waals surface area contributed by atoms with Crippen molar-refractivity contribution >= 4 is 12.0 Å². The third-order valence-electron chi connectivity index (χ3n) is 3.10. The second kappa shape index (κ2) is 5.53. The van der Waals surface area contributed by atoms with E-state index in [1.807, 2.05) is 0 Å². The molecule has 1 aromatic rings. The third-order valence-corrected chi connectivity index (χ3v) is 3.10. The van der Waals surface area contributed by atoms with Gasteiger partial charge in [0.2, 0.25) is 0 Å². The first-order chi connectivity index (χ1) is 8.66. The number of amides is 2. The van der Waals surface area contributed by atoms with Crippen LogP contribution in [-0.2, 0) is 4.79 Å². The van der Waals surface area contributed by atoms with E-state index in [-0.39, 0.29) is 6.04 Å². The van der Waals surface area contributed by atoms with Crippen molar-refractivity contribution in [2.45, 2.75) is 31.3 Å². The van der Waals surface area contributed by atoms with Gasteiger partial charge in [0.25, 0.3) is 0 Å². The molecule has 1 aliphatic carbocycles. The molecule has 0 aliphatic heterocycles. The molecule has 0 aromatic heterocycles. The number of nitrogens with one attached hydrogen (secondary N) is 2. The number of hydrogen-bond acceptors (Lipinski definition) is 2. The highest BCUT2D eigenvalue weighted by Crippen LogP contribution is 2.18. The molecule has 1 aromatic carbocycles. The topological polar surface area (TPSA) is 78.4 Å². The molecule has 3 N–H and O–H groups in total. The molecule has 5 heteroatoms. The first-order valence-corrected chi connectivity index (χ1v) is 6.01. The molecule has 1 saturated carbocycles. The number of carboxylic acids is 1. The molecule has 0 radical (unpaired) electrons. The van der Waals surface area contributed by atoms with Crippen LogP contribution < -0.4 is 10.6 Å². The first kappa shape index (κ1) is 12.4. The maximum absolute atomic E-state index is 11.6. The van der Waals surface area contributed by atoms with Crippen LogP contribution in [0, 0.1) is 0 Å². The van der Waals surface area contributed by atoms with Crippen LogP contribution in [0.5, 0.6) is 0 Å². The third kappa shape index (κ3) is 3.00. The van der Waals surface area contributed by atoms with Crippen molar-refractivity contribution < 1.29 is 14.7 Å². The summed E-state index contributed by atoms with van der Waals surface area (Å²) < 4.78 is 0. The van der Waals surface area contributed by atoms with Gasteiger partial charge in [0.15, 0.2) is 6.04 Å². The van der Waals surface area contributed by atoms with Gasteiger partial charge in [0.1, 0.15) is 0 Å². The Kier molecular flexibility index (Phi) is 3.82. The van der Waals surface area contributed by atoms with E-state index in [9.17, 15) is 9.59 Å². The zero-order valence-electron chi connectivity index (χ0n) is 9.93. The van der Waals surface area contributed by atoms with Gasteiger partial charge in [-0.15, -0.1) is 0 Å². The van der Waals surface area contributed by atoms with Crippen LogP contribution >= 0.6 is 0 Å². The molecule has 1 aliphatic rings. The van der Waals surface area contributed by atoms with Crippen molar-refractivity contribution in [3.05, 3.63) is 35.9 Å². The lowest BCUT2D eigenvalue weighted by Crippen LogP contribution is -2.47. The van der Waals surface area contributed by atoms with Crippen molar-refractivity contribution in [3.8, 4) is 0 Å². The molecule has 2 rings (SSSR count). The van der Waals surface area contributed by atoms with Crippen molar-refractivity contribution in [1.29, 1.82) is 0 Å². The van der Waals surface area contributed by atoms with Crippen molar-refractivity contribution in [2.24, 2.45) is 0 Å². The van der Waals surface area contributed by atoms with E-state index >= 15 is 0 Å². The highest BCUT2D eigenvalue weighted by atomic mass is 16.4. The number of urea groups is 1. The monoisotopic (exact) mass is 248 g/mol. The molecule has 0 saturated heterocycles. The van der Waals surface area contributed by atoms with Gasteiger partial charge in [0, 0.05) is 6.04 Å². The van der Waals surface area contributed by atoms with Gasteiger partial charge in [-0.05, 0) is 24.8 Å². The molecule has 2 amide bonds. The largest absolute Gasteiger partial charge is 0.479 e. The van der Waals surface area contributed by atoms with Gasteiger partial charge in [-0.3, -0.25) is 0 Å². The smallest absolute Gasteiger partial charge is 0.330 e. The van der Waals surface area contributed by atoms with Crippen molar-refractivity contribution in [2.75, 3.05) is 0 Å². The second-order valence-corrected chi connectivity index (χ2v) is 4.43. The number of carbonyl (C=O) groups is 2. The van der Waals surface area contributed by atoms with Gasteiger partial charge >= 0.3 is 12.0 Å². The maximum Gasteiger partial charge on any atom is 0.330 e. The Balaban J connectivity index is 1.98. The minimum Gasteiger partial charge on any atom is -0.479 e. The molecule has 1 atom stereocenters. The molecular formula is C13H16N2O3. The predicted octanol–water partition coefficient (Wildman–Crippen LogP) is 1.66. The van der Waals surface area contributed by atoms with E-state index in [1.165, 1.54) is 0 Å². The van der Waals surface area contributed by atoms with Gasteiger partial charge in [-0.2, -0.15) is 0 Å². The maximum atomic E-state index is 11.6. The summed E-state index contributed by atoms with van der Waals surface area (Å²) in [5.74, 6) is -1.06. The van der Waals surface area contributed by atoms with Crippen LogP contribution in [0.25, 0.3) is 0 Å². The predicted molar refractivity (Wildman–Crippen MR) is 66.1 cm³/mol. The second-order valence-electron chi connectivity index (χ2n) is 4.43. The van der Waals surface area contributed by atoms with Gasteiger partial charge in [0.05, 0.1) is 0 Å². The van der Waals surface area contributed by atoms with Crippen LogP contribution in [-0.4, -0.2) is 23.1 Å². The van der Waals surface area contributed by atoms with Gasteiger partial charge in [-0.1, -0.05) is 30.3 Å². The Morgan fingerprint density at radius 2 is 1.89 bits per heavy atom. The van der Waals surface area contributed by atoms with Crippen molar-refractivity contribution in [3.63, 3.8) is 0 Å². The average Bonchev–Trinajstić information content (AvgIpc) is 2.31. The summed E-state index contributed by atoms with van der Waals surface area (Å²) >= 11 is 0. The molecule has 1 fully saturated rings. The summed E-state index contributed by atoms with van der Waals surface area (Å²) in [4.78, 5) is 22.8. The highest BCUT2D eigenvalue weighted by Gasteiger charge is 2.24. The summed E-state index contributed by atoms with van der Waals surface area (Å²) in [6.07, 6.45) is 3.05. The molecule has 18 heavy (non-hydrogen) atoms. The highest BCUT2D eigenvalue weighted by molar-refractivity contribution is 5.83. The summed E-state index contributed by atoms with van der Waals surface area (Å²) in [5, 5.41) is 14.4. The Hall–Kier alpha value is -2.04. The lowest BCUT2D eigenvalue weighted by Gasteiger charge is -2.27. The average molecular weight is 248 g/mol. The summed E-state index contributed by atoms with van der Waals surface area (Å²) in [6.45, 7) is 0. The molecule has 0 unspecified atom stereocenters. The molecule has 5 nitrogen and oxygen atoms in total. The zero-order chi connectivity index (χ0) is 13.0. The molecule has 0 heterocycles. The summed E-state index contributed by atoms with van der Waals surface area (Å²) in [7, 11) is 0. The van der Waals surface area contributed by atoms with Crippen LogP contribution in [0.1, 0.15) is 30.9 Å². The molecular weight excluding hydrogens is 232 g/mol. The number of benzene rings is 1. The lowest BCUT2D eigenvalue weighted by molar-refractivity contribution is -0.139. The quantitative estimate of drug-likeness (QED) is 0.758. The van der Waals surface area contributed by atoms with E-state index < -0.39 is 18.0 Å². The fourth-order valence-electron chi connectivity index (χ4n) is 1.84. The van der Waals surface area contributed by atoms with E-state index in [2.05, 4.69) is 10.6 Å². The fraction of sp³-hybridized carbons (Fsp3) is 0.385. The number of aliphatic carboxylic acids is 1. The number of carboxylic acid groups (broad SMARTS) is 1. The van der Waals surface area contributed by atoms with Gasteiger partial charge in [-0.25, -0.2) is 9.59 Å². The number of carbonyl (C=O) groups excluding carboxylic acids is 1. The Bertz CT molecular complexity index is 429. The molecule has 0 bridgehead atoms. The minimum absolute atomic E-state index is 0.190. The Morgan fingerprint density at radius 1 is 1.22 bits per heavy atom. The van der Waals surface area contributed by atoms with Crippen LogP contribution in [0.4, 0.5) is 4.79 Å². The fourth-order valence-corrected chi connectivity index (χ4v) is 1.84. The van der Waals surface area contributed by atoms with Crippen LogP contribution in [0.3, 0.4) is 0 Å². The normalized spacial score (nSPS) is 16.4. The van der Waals surface area contributed by atoms with E-state index in [0.717, 1.165) is 19.3 Å². The van der Waals surface area contributed by atoms with Crippen molar-refractivity contribution in [1.82, 2.24) is 10.6 Å². The first-order valence-electron chi connectivity index (χ1n) is 6.01. The summed E-state index contributed by atoms with van der Waals surface area (Å²) in [5.41, 5.74) is 0.564. The molecule has 0 spiro atoms. The minimum atomic E-state index is -1.06. The Morgan fingerprint density at radius 3 is 2.39 bits per heavy atom. The van der Waals surface area contributed by atoms with Crippen LogP contribution in [0.15, 0.2) is 30.3 Å². The Labute approximate surface area is 105 Å². The molecule has 96 valence electrons. The van der Waals surface area contributed by atoms with E-state index in [1.54, 1.807) is 30.3 Å². The number of rotatable bonds is 4. The lowest BCUT2D eigenvalue weighted by atomic mass is 9.93.